The van der Waals surface area contributed by atoms with E-state index >= 15 is 0 Å². The second kappa shape index (κ2) is 6.68. The number of hydrogen-bond donors (Lipinski definition) is 2. The van der Waals surface area contributed by atoms with Gasteiger partial charge in [0.05, 0.1) is 27.8 Å². The first-order chi connectivity index (χ1) is 10.4. The highest BCUT2D eigenvalue weighted by molar-refractivity contribution is 6.44. The van der Waals surface area contributed by atoms with Crippen LogP contribution < -0.4 is 10.6 Å². The number of carbonyl (C=O) groups excluding carboxylic acids is 1. The van der Waals surface area contributed by atoms with Crippen molar-refractivity contribution in [2.24, 2.45) is 5.73 Å². The molecule has 0 spiro atoms. The van der Waals surface area contributed by atoms with Crippen LogP contribution in [0.25, 0.3) is 0 Å². The number of rotatable bonds is 4. The molecule has 0 saturated heterocycles. The summed E-state index contributed by atoms with van der Waals surface area (Å²) in [6.07, 6.45) is -0.163. The lowest BCUT2D eigenvalue weighted by Crippen LogP contribution is -2.31. The van der Waals surface area contributed by atoms with Crippen molar-refractivity contribution in [3.63, 3.8) is 0 Å². The predicted octanol–water partition coefficient (Wildman–Crippen LogP) is 3.84. The maximum absolute atomic E-state index is 11.8. The molecule has 3 N–H and O–H groups in total. The van der Waals surface area contributed by atoms with Crippen LogP contribution in [0.4, 0.5) is 16.2 Å². The summed E-state index contributed by atoms with van der Waals surface area (Å²) in [4.78, 5) is 23.8. The van der Waals surface area contributed by atoms with Crippen molar-refractivity contribution < 1.29 is 14.7 Å². The Hall–Kier alpha value is -2.24. The van der Waals surface area contributed by atoms with Gasteiger partial charge in [-0.2, -0.15) is 0 Å². The third-order valence-corrected chi connectivity index (χ3v) is 3.73. The number of benzene rings is 2. The number of amides is 2. The van der Waals surface area contributed by atoms with E-state index in [4.69, 9.17) is 34.0 Å². The number of hydrogen-bond acceptors (Lipinski definition) is 2. The molecule has 0 aliphatic rings. The quantitative estimate of drug-likeness (QED) is 0.888. The minimum absolute atomic E-state index is 0.163. The first-order valence-electron chi connectivity index (χ1n) is 6.24. The molecule has 5 nitrogen and oxygen atoms in total. The molecule has 2 aromatic rings. The van der Waals surface area contributed by atoms with Crippen molar-refractivity contribution in [3.8, 4) is 0 Å². The van der Waals surface area contributed by atoms with Crippen LogP contribution in [0.1, 0.15) is 5.56 Å². The van der Waals surface area contributed by atoms with Crippen LogP contribution in [-0.2, 0) is 11.2 Å². The summed E-state index contributed by atoms with van der Waals surface area (Å²) in [5.74, 6) is -0.969. The predicted molar refractivity (Wildman–Crippen MR) is 86.0 cm³/mol. The number of halogens is 2. The van der Waals surface area contributed by atoms with Crippen LogP contribution in [0.3, 0.4) is 0 Å². The monoisotopic (exact) mass is 338 g/mol. The number of nitrogens with zero attached hydrogens (tertiary/aromatic N) is 1. The van der Waals surface area contributed by atoms with Gasteiger partial charge < -0.3 is 10.8 Å². The van der Waals surface area contributed by atoms with Crippen LogP contribution in [0.15, 0.2) is 42.5 Å². The summed E-state index contributed by atoms with van der Waals surface area (Å²) < 4.78 is 0. The van der Waals surface area contributed by atoms with Crippen molar-refractivity contribution in [1.82, 2.24) is 0 Å². The zero-order valence-electron chi connectivity index (χ0n) is 11.3. The van der Waals surface area contributed by atoms with Crippen LogP contribution in [0.5, 0.6) is 0 Å². The van der Waals surface area contributed by atoms with Gasteiger partial charge in [-0.1, -0.05) is 41.4 Å². The minimum Gasteiger partial charge on any atom is -0.481 e. The Kier molecular flexibility index (Phi) is 4.90. The third-order valence-electron chi connectivity index (χ3n) is 2.92. The molecular weight excluding hydrogens is 327 g/mol. The number of carboxylic acid groups (broad SMARTS) is 1. The number of urea groups is 1. The Bertz CT molecular complexity index is 734. The molecule has 0 saturated carbocycles. The number of anilines is 2. The molecule has 0 bridgehead atoms. The highest BCUT2D eigenvalue weighted by Crippen LogP contribution is 2.36. The van der Waals surface area contributed by atoms with E-state index in [9.17, 15) is 9.59 Å². The highest BCUT2D eigenvalue weighted by atomic mass is 35.5. The standard InChI is InChI=1S/C15H12Cl2N2O3/c16-11-5-2-6-12(14(11)17)19(15(18)22)10-4-1-3-9(7-10)8-13(20)21/h1-7H,8H2,(H2,18,22)(H,20,21). The molecule has 114 valence electrons. The van der Waals surface area contributed by atoms with Gasteiger partial charge in [0.25, 0.3) is 0 Å². The number of primary amides is 1. The molecule has 2 amide bonds. The fraction of sp³-hybridized carbons (Fsp3) is 0.0667. The molecule has 22 heavy (non-hydrogen) atoms. The molecule has 0 aliphatic heterocycles. The van der Waals surface area contributed by atoms with Gasteiger partial charge in [-0.05, 0) is 29.8 Å². The average Bonchev–Trinajstić information content (AvgIpc) is 2.43. The molecular formula is C15H12Cl2N2O3. The van der Waals surface area contributed by atoms with E-state index in [1.165, 1.54) is 4.90 Å². The van der Waals surface area contributed by atoms with Gasteiger partial charge in [0.1, 0.15) is 0 Å². The third kappa shape index (κ3) is 3.50. The highest BCUT2D eigenvalue weighted by Gasteiger charge is 2.19. The topological polar surface area (TPSA) is 83.6 Å². The summed E-state index contributed by atoms with van der Waals surface area (Å²) in [5, 5.41) is 9.33. The fourth-order valence-electron chi connectivity index (χ4n) is 2.03. The number of carboxylic acids is 1. The van der Waals surface area contributed by atoms with Gasteiger partial charge in [0, 0.05) is 0 Å². The first kappa shape index (κ1) is 16.1. The Morgan fingerprint density at radius 3 is 2.45 bits per heavy atom. The molecule has 0 atom stereocenters. The van der Waals surface area contributed by atoms with Crippen LogP contribution in [0.2, 0.25) is 10.0 Å². The van der Waals surface area contributed by atoms with Crippen molar-refractivity contribution in [3.05, 3.63) is 58.1 Å². The lowest BCUT2D eigenvalue weighted by molar-refractivity contribution is -0.136. The molecule has 2 rings (SSSR count). The van der Waals surface area contributed by atoms with Gasteiger partial charge in [0.15, 0.2) is 0 Å². The maximum Gasteiger partial charge on any atom is 0.323 e. The molecule has 7 heteroatoms. The molecule has 0 heterocycles. The van der Waals surface area contributed by atoms with E-state index in [1.54, 1.807) is 42.5 Å². The lowest BCUT2D eigenvalue weighted by Gasteiger charge is -2.22. The zero-order valence-corrected chi connectivity index (χ0v) is 12.8. The summed E-state index contributed by atoms with van der Waals surface area (Å²) in [6, 6.07) is 10.6. The molecule has 0 aliphatic carbocycles. The van der Waals surface area contributed by atoms with E-state index in [0.717, 1.165) is 0 Å². The van der Waals surface area contributed by atoms with Crippen molar-refractivity contribution in [1.29, 1.82) is 0 Å². The van der Waals surface area contributed by atoms with Crippen molar-refractivity contribution >= 4 is 46.6 Å². The summed E-state index contributed by atoms with van der Waals surface area (Å²) in [7, 11) is 0. The molecule has 2 aromatic carbocycles. The van der Waals surface area contributed by atoms with Crippen LogP contribution in [0, 0.1) is 0 Å². The molecule has 0 unspecified atom stereocenters. The smallest absolute Gasteiger partial charge is 0.323 e. The average molecular weight is 339 g/mol. The summed E-state index contributed by atoms with van der Waals surface area (Å²) >= 11 is 12.1. The number of carbonyl (C=O) groups is 2. The van der Waals surface area contributed by atoms with Crippen molar-refractivity contribution in [2.45, 2.75) is 6.42 Å². The number of nitrogens with two attached hydrogens (primary N) is 1. The van der Waals surface area contributed by atoms with E-state index in [0.29, 0.717) is 16.9 Å². The Labute approximate surface area is 136 Å². The molecule has 0 aromatic heterocycles. The summed E-state index contributed by atoms with van der Waals surface area (Å²) in [6.45, 7) is 0. The first-order valence-corrected chi connectivity index (χ1v) is 7.00. The van der Waals surface area contributed by atoms with Gasteiger partial charge in [-0.25, -0.2) is 4.79 Å². The normalized spacial score (nSPS) is 10.3. The molecule has 0 radical (unpaired) electrons. The summed E-state index contributed by atoms with van der Waals surface area (Å²) in [5.41, 5.74) is 6.72. The van der Waals surface area contributed by atoms with Gasteiger partial charge in [0.2, 0.25) is 0 Å². The Morgan fingerprint density at radius 2 is 1.82 bits per heavy atom. The van der Waals surface area contributed by atoms with Gasteiger partial charge in [-0.15, -0.1) is 0 Å². The van der Waals surface area contributed by atoms with Crippen LogP contribution >= 0.6 is 23.2 Å². The van der Waals surface area contributed by atoms with Gasteiger partial charge >= 0.3 is 12.0 Å². The second-order valence-electron chi connectivity index (χ2n) is 4.49. The molecule has 0 fully saturated rings. The maximum atomic E-state index is 11.8. The second-order valence-corrected chi connectivity index (χ2v) is 5.27. The van der Waals surface area contributed by atoms with E-state index in [2.05, 4.69) is 0 Å². The Balaban J connectivity index is 2.51. The minimum atomic E-state index is -0.969. The zero-order chi connectivity index (χ0) is 16.3. The van der Waals surface area contributed by atoms with E-state index in [1.807, 2.05) is 0 Å². The lowest BCUT2D eigenvalue weighted by atomic mass is 10.1. The Morgan fingerprint density at radius 1 is 1.14 bits per heavy atom. The van der Waals surface area contributed by atoms with Crippen LogP contribution in [-0.4, -0.2) is 17.1 Å². The fourth-order valence-corrected chi connectivity index (χ4v) is 2.41. The van der Waals surface area contributed by atoms with Crippen molar-refractivity contribution in [2.75, 3.05) is 4.90 Å². The van der Waals surface area contributed by atoms with E-state index < -0.39 is 12.0 Å². The van der Waals surface area contributed by atoms with E-state index in [-0.39, 0.29) is 16.5 Å². The SMILES string of the molecule is NC(=O)N(c1cccc(CC(=O)O)c1)c1cccc(Cl)c1Cl. The van der Waals surface area contributed by atoms with Gasteiger partial charge in [-0.3, -0.25) is 9.69 Å². The number of aliphatic carboxylic acids is 1. The largest absolute Gasteiger partial charge is 0.481 e.